The van der Waals surface area contributed by atoms with E-state index < -0.39 is 33.1 Å². The lowest BCUT2D eigenvalue weighted by Gasteiger charge is -2.09. The molecule has 2 aromatic rings. The Morgan fingerprint density at radius 2 is 1.90 bits per heavy atom. The zero-order valence-electron chi connectivity index (χ0n) is 10.2. The largest absolute Gasteiger partial charge is 0.361 e. The van der Waals surface area contributed by atoms with Gasteiger partial charge in [0.05, 0.1) is 0 Å². The van der Waals surface area contributed by atoms with E-state index in [0.717, 1.165) is 12.1 Å². The minimum Gasteiger partial charge on any atom is -0.361 e. The minimum atomic E-state index is -4.00. The van der Waals surface area contributed by atoms with E-state index >= 15 is 0 Å². The van der Waals surface area contributed by atoms with Gasteiger partial charge in [-0.3, -0.25) is 4.72 Å². The highest BCUT2D eigenvalue weighted by Gasteiger charge is 2.19. The standard InChI is InChI=1S/C11H9BrF2N2O3S/c1-6-2-8(15-19-6)5-20(17,18)16-11-9(13)3-7(12)4-10(11)14/h2-4,16H,5H2,1H3. The number of aryl methyl sites for hydroxylation is 1. The molecule has 0 saturated carbocycles. The highest BCUT2D eigenvalue weighted by molar-refractivity contribution is 9.10. The molecule has 5 nitrogen and oxygen atoms in total. The Morgan fingerprint density at radius 3 is 2.40 bits per heavy atom. The molecule has 0 aliphatic carbocycles. The molecular weight excluding hydrogens is 358 g/mol. The Morgan fingerprint density at radius 1 is 1.30 bits per heavy atom. The molecule has 0 spiro atoms. The van der Waals surface area contributed by atoms with E-state index in [0.29, 0.717) is 5.76 Å². The Labute approximate surface area is 122 Å². The molecule has 0 amide bonds. The van der Waals surface area contributed by atoms with Gasteiger partial charge in [-0.1, -0.05) is 21.1 Å². The summed E-state index contributed by atoms with van der Waals surface area (Å²) >= 11 is 2.90. The molecule has 0 fully saturated rings. The van der Waals surface area contributed by atoms with Crippen molar-refractivity contribution < 1.29 is 21.7 Å². The van der Waals surface area contributed by atoms with Crippen LogP contribution in [0.25, 0.3) is 0 Å². The Hall–Kier alpha value is -1.48. The van der Waals surface area contributed by atoms with Crippen LogP contribution in [0.2, 0.25) is 0 Å². The number of benzene rings is 1. The summed E-state index contributed by atoms with van der Waals surface area (Å²) in [7, 11) is -4.00. The normalized spacial score (nSPS) is 11.6. The van der Waals surface area contributed by atoms with E-state index in [-0.39, 0.29) is 10.2 Å². The van der Waals surface area contributed by atoms with Crippen LogP contribution in [0.5, 0.6) is 0 Å². The third-order valence-electron chi connectivity index (χ3n) is 2.28. The molecule has 1 heterocycles. The molecule has 0 atom stereocenters. The first-order chi connectivity index (χ1) is 9.27. The summed E-state index contributed by atoms with van der Waals surface area (Å²) in [4.78, 5) is 0. The van der Waals surface area contributed by atoms with Crippen molar-refractivity contribution in [1.82, 2.24) is 5.16 Å². The molecule has 20 heavy (non-hydrogen) atoms. The zero-order valence-corrected chi connectivity index (χ0v) is 12.6. The van der Waals surface area contributed by atoms with E-state index in [4.69, 9.17) is 4.52 Å². The summed E-state index contributed by atoms with van der Waals surface area (Å²) in [5.74, 6) is -2.14. The lowest BCUT2D eigenvalue weighted by Crippen LogP contribution is -2.17. The van der Waals surface area contributed by atoms with Crippen molar-refractivity contribution in [3.05, 3.63) is 45.8 Å². The molecule has 0 bridgehead atoms. The third kappa shape index (κ3) is 3.54. The van der Waals surface area contributed by atoms with Gasteiger partial charge in [0.15, 0.2) is 11.6 Å². The van der Waals surface area contributed by atoms with Crippen molar-refractivity contribution in [2.24, 2.45) is 0 Å². The summed E-state index contributed by atoms with van der Waals surface area (Å²) in [5.41, 5.74) is -0.582. The fraction of sp³-hybridized carbons (Fsp3) is 0.182. The number of nitrogens with zero attached hydrogens (tertiary/aromatic N) is 1. The van der Waals surface area contributed by atoms with Crippen LogP contribution in [0.4, 0.5) is 14.5 Å². The number of hydrogen-bond donors (Lipinski definition) is 1. The number of halogens is 3. The fourth-order valence-electron chi connectivity index (χ4n) is 1.51. The maximum Gasteiger partial charge on any atom is 0.238 e. The van der Waals surface area contributed by atoms with Gasteiger partial charge in [-0.15, -0.1) is 0 Å². The number of hydrogen-bond acceptors (Lipinski definition) is 4. The van der Waals surface area contributed by atoms with Gasteiger partial charge in [0.1, 0.15) is 22.9 Å². The third-order valence-corrected chi connectivity index (χ3v) is 3.93. The first kappa shape index (κ1) is 14.9. The van der Waals surface area contributed by atoms with Crippen LogP contribution in [0, 0.1) is 18.6 Å². The van der Waals surface area contributed by atoms with Crippen molar-refractivity contribution in [2.75, 3.05) is 4.72 Å². The van der Waals surface area contributed by atoms with E-state index in [1.54, 1.807) is 6.92 Å². The molecule has 0 saturated heterocycles. The van der Waals surface area contributed by atoms with Gasteiger partial charge >= 0.3 is 0 Å². The molecule has 0 aliphatic rings. The maximum atomic E-state index is 13.6. The molecule has 0 unspecified atom stereocenters. The fourth-order valence-corrected chi connectivity index (χ4v) is 3.02. The SMILES string of the molecule is Cc1cc(CS(=O)(=O)Nc2c(F)cc(Br)cc2F)no1. The summed E-state index contributed by atoms with van der Waals surface area (Å²) in [5, 5.41) is 3.51. The van der Waals surface area contributed by atoms with Crippen molar-refractivity contribution in [3.8, 4) is 0 Å². The number of anilines is 1. The first-order valence-corrected chi connectivity index (χ1v) is 7.78. The molecule has 108 valence electrons. The lowest BCUT2D eigenvalue weighted by atomic mass is 10.3. The predicted octanol–water partition coefficient (Wildman–Crippen LogP) is 2.97. The van der Waals surface area contributed by atoms with Crippen LogP contribution < -0.4 is 4.72 Å². The van der Waals surface area contributed by atoms with Crippen LogP contribution in [-0.4, -0.2) is 13.6 Å². The van der Waals surface area contributed by atoms with E-state index in [9.17, 15) is 17.2 Å². The summed E-state index contributed by atoms with van der Waals surface area (Å²) in [6, 6.07) is 3.34. The van der Waals surface area contributed by atoms with Crippen LogP contribution in [0.1, 0.15) is 11.5 Å². The average Bonchev–Trinajstić information content (AvgIpc) is 2.68. The summed E-state index contributed by atoms with van der Waals surface area (Å²) in [6.07, 6.45) is 0. The predicted molar refractivity (Wildman–Crippen MR) is 71.5 cm³/mol. The summed E-state index contributed by atoms with van der Waals surface area (Å²) < 4.78 is 57.5. The quantitative estimate of drug-likeness (QED) is 0.902. The molecule has 9 heteroatoms. The van der Waals surface area contributed by atoms with Crippen LogP contribution in [-0.2, 0) is 15.8 Å². The van der Waals surface area contributed by atoms with Crippen LogP contribution in [0.3, 0.4) is 0 Å². The van der Waals surface area contributed by atoms with Crippen molar-refractivity contribution in [1.29, 1.82) is 0 Å². The van der Waals surface area contributed by atoms with Gasteiger partial charge in [-0.05, 0) is 19.1 Å². The molecular formula is C11H9BrF2N2O3S. The highest BCUT2D eigenvalue weighted by Crippen LogP contribution is 2.25. The zero-order chi connectivity index (χ0) is 14.9. The van der Waals surface area contributed by atoms with Crippen LogP contribution >= 0.6 is 15.9 Å². The lowest BCUT2D eigenvalue weighted by molar-refractivity contribution is 0.392. The van der Waals surface area contributed by atoms with Gasteiger partial charge in [0.2, 0.25) is 10.0 Å². The second-order valence-electron chi connectivity index (χ2n) is 4.03. The average molecular weight is 367 g/mol. The molecule has 0 radical (unpaired) electrons. The summed E-state index contributed by atoms with van der Waals surface area (Å²) in [6.45, 7) is 1.60. The monoisotopic (exact) mass is 366 g/mol. The minimum absolute atomic E-state index is 0.146. The van der Waals surface area contributed by atoms with E-state index in [2.05, 4.69) is 21.1 Å². The number of rotatable bonds is 4. The number of nitrogens with one attached hydrogen (secondary N) is 1. The molecule has 1 N–H and O–H groups in total. The Balaban J connectivity index is 2.25. The van der Waals surface area contributed by atoms with E-state index in [1.807, 2.05) is 4.72 Å². The highest BCUT2D eigenvalue weighted by atomic mass is 79.9. The Bertz CT molecular complexity index is 723. The Kier molecular flexibility index (Phi) is 4.09. The van der Waals surface area contributed by atoms with E-state index in [1.165, 1.54) is 6.07 Å². The molecule has 1 aromatic heterocycles. The topological polar surface area (TPSA) is 72.2 Å². The van der Waals surface area contributed by atoms with Gasteiger partial charge < -0.3 is 4.52 Å². The second-order valence-corrected chi connectivity index (χ2v) is 6.67. The van der Waals surface area contributed by atoms with Crippen LogP contribution in [0.15, 0.2) is 27.2 Å². The van der Waals surface area contributed by atoms with Crippen molar-refractivity contribution in [3.63, 3.8) is 0 Å². The number of aromatic nitrogens is 1. The van der Waals surface area contributed by atoms with Crippen molar-refractivity contribution >= 4 is 31.6 Å². The first-order valence-electron chi connectivity index (χ1n) is 5.34. The van der Waals surface area contributed by atoms with Crippen molar-refractivity contribution in [2.45, 2.75) is 12.7 Å². The maximum absolute atomic E-state index is 13.6. The molecule has 0 aliphatic heterocycles. The van der Waals surface area contributed by atoms with Gasteiger partial charge in [0, 0.05) is 10.5 Å². The van der Waals surface area contributed by atoms with Gasteiger partial charge in [-0.2, -0.15) is 0 Å². The smallest absolute Gasteiger partial charge is 0.238 e. The molecule has 1 aromatic carbocycles. The van der Waals surface area contributed by atoms with Gasteiger partial charge in [-0.25, -0.2) is 17.2 Å². The molecule has 2 rings (SSSR count). The number of sulfonamides is 1. The van der Waals surface area contributed by atoms with Gasteiger partial charge in [0.25, 0.3) is 0 Å². The second kappa shape index (κ2) is 5.49.